The van der Waals surface area contributed by atoms with Crippen molar-refractivity contribution in [2.75, 3.05) is 13.1 Å². The molecule has 0 aliphatic carbocycles. The Hall–Kier alpha value is -3.57. The summed E-state index contributed by atoms with van der Waals surface area (Å²) >= 11 is 0. The van der Waals surface area contributed by atoms with E-state index in [2.05, 4.69) is 205 Å². The minimum absolute atomic E-state index is 0.167. The van der Waals surface area contributed by atoms with Crippen LogP contribution in [0.25, 0.3) is 0 Å². The molecule has 0 heterocycles. The van der Waals surface area contributed by atoms with Gasteiger partial charge in [0.05, 0.1) is 0 Å². The second-order valence-electron chi connectivity index (χ2n) is 20.8. The quantitative estimate of drug-likeness (QED) is 0.0650. The van der Waals surface area contributed by atoms with Crippen LogP contribution in [0, 0.1) is 43.3 Å². The van der Waals surface area contributed by atoms with Crippen molar-refractivity contribution in [1.82, 2.24) is 16.0 Å². The minimum Gasteiger partial charge on any atom is -0.314 e. The standard InChI is InChI=1S/C22H31N.C19H33N.C18H28FN/c1-17(2)14-22(23-16-20-8-6-5-7-9-20)15-19(4)21-12-10-18(3)11-13-21;1-14(2)11-19(20-13-15(3)4)12-17(6)18-9-7-16(5)8-10-18;1-13(2)10-18(20-12-14(3)4)11-15(5)16-6-8-17(19)9-7-16/h5-13,17,19,22-23H,14-16H2,1-4H3;7-10,14-15,17,19-20H,11-13H2,1-6H3;6-10,14-15,18,20H,11-12H2,1-5H3/t;;15-,18?/m..0/s1. The summed E-state index contributed by atoms with van der Waals surface area (Å²) in [5.74, 6) is 4.29. The van der Waals surface area contributed by atoms with Gasteiger partial charge in [-0.3, -0.25) is 0 Å². The van der Waals surface area contributed by atoms with E-state index in [9.17, 15) is 4.39 Å². The molecule has 5 unspecified atom stereocenters. The van der Waals surface area contributed by atoms with Crippen LogP contribution in [0.2, 0.25) is 0 Å². The van der Waals surface area contributed by atoms with Gasteiger partial charge in [0.2, 0.25) is 0 Å². The van der Waals surface area contributed by atoms with Gasteiger partial charge in [-0.25, -0.2) is 4.39 Å². The maximum absolute atomic E-state index is 13.0. The molecule has 0 aromatic heterocycles. The van der Waals surface area contributed by atoms with Crippen LogP contribution in [0.4, 0.5) is 4.39 Å². The Kier molecular flexibility index (Phi) is 26.9. The largest absolute Gasteiger partial charge is 0.314 e. The number of rotatable bonds is 23. The number of aryl methyl sites for hydroxylation is 2. The Morgan fingerprint density at radius 3 is 1.27 bits per heavy atom. The smallest absolute Gasteiger partial charge is 0.123 e. The van der Waals surface area contributed by atoms with Gasteiger partial charge in [0.15, 0.2) is 0 Å². The van der Waals surface area contributed by atoms with E-state index in [4.69, 9.17) is 0 Å². The number of halogens is 1. The fourth-order valence-corrected chi connectivity index (χ4v) is 8.15. The van der Waals surface area contributed by atoms with E-state index in [0.29, 0.717) is 47.7 Å². The first-order chi connectivity index (χ1) is 29.8. The molecule has 0 saturated heterocycles. The van der Waals surface area contributed by atoms with Gasteiger partial charge in [-0.1, -0.05) is 190 Å². The van der Waals surface area contributed by atoms with Crippen molar-refractivity contribution in [3.63, 3.8) is 0 Å². The summed E-state index contributed by atoms with van der Waals surface area (Å²) in [6.45, 7) is 36.8. The Bertz CT molecular complexity index is 1750. The first-order valence-corrected chi connectivity index (χ1v) is 24.6. The molecule has 6 atom stereocenters. The summed E-state index contributed by atoms with van der Waals surface area (Å²) in [5.41, 5.74) is 9.49. The molecule has 0 spiro atoms. The molecule has 0 radical (unpaired) electrons. The molecule has 0 bridgehead atoms. The number of nitrogens with one attached hydrogen (secondary N) is 3. The van der Waals surface area contributed by atoms with Crippen molar-refractivity contribution in [2.45, 2.75) is 178 Å². The van der Waals surface area contributed by atoms with Crippen LogP contribution in [0.3, 0.4) is 0 Å². The van der Waals surface area contributed by atoms with Gasteiger partial charge in [-0.2, -0.15) is 0 Å². The second-order valence-corrected chi connectivity index (χ2v) is 20.8. The lowest BCUT2D eigenvalue weighted by Crippen LogP contribution is -2.34. The molecule has 350 valence electrons. The summed E-state index contributed by atoms with van der Waals surface area (Å²) in [6.07, 6.45) is 8.24. The van der Waals surface area contributed by atoms with Crippen molar-refractivity contribution >= 4 is 0 Å². The molecule has 63 heavy (non-hydrogen) atoms. The minimum atomic E-state index is -0.167. The van der Waals surface area contributed by atoms with Gasteiger partial charge in [-0.15, -0.1) is 0 Å². The first-order valence-electron chi connectivity index (χ1n) is 24.6. The normalized spacial score (nSPS) is 14.3. The highest BCUT2D eigenvalue weighted by molar-refractivity contribution is 5.25. The molecule has 4 aromatic carbocycles. The summed E-state index contributed by atoms with van der Waals surface area (Å²) in [7, 11) is 0. The van der Waals surface area contributed by atoms with Crippen molar-refractivity contribution in [2.24, 2.45) is 23.7 Å². The highest BCUT2D eigenvalue weighted by Crippen LogP contribution is 2.26. The third-order valence-corrected chi connectivity index (χ3v) is 11.7. The topological polar surface area (TPSA) is 36.1 Å². The molecule has 4 rings (SSSR count). The van der Waals surface area contributed by atoms with Gasteiger partial charge >= 0.3 is 0 Å². The zero-order valence-electron chi connectivity index (χ0n) is 42.7. The second kappa shape index (κ2) is 30.5. The van der Waals surface area contributed by atoms with E-state index >= 15 is 0 Å². The Morgan fingerprint density at radius 2 is 0.857 bits per heavy atom. The SMILES string of the molecule is CC(C)=CC(C[C@H](C)c1ccc(F)cc1)NCC(C)C.Cc1ccc(C(C)CC(CC(C)C)NCC(C)C)cc1.Cc1ccc(C(C)CC(CC(C)C)NCc2ccccc2)cc1. The molecule has 4 aromatic rings. The van der Waals surface area contributed by atoms with Crippen LogP contribution in [0.1, 0.15) is 173 Å². The van der Waals surface area contributed by atoms with Crippen molar-refractivity contribution in [3.05, 3.63) is 154 Å². The monoisotopic (exact) mass is 862 g/mol. The number of hydrogen-bond donors (Lipinski definition) is 3. The van der Waals surface area contributed by atoms with E-state index in [-0.39, 0.29) is 5.82 Å². The third kappa shape index (κ3) is 25.5. The molecule has 0 amide bonds. The van der Waals surface area contributed by atoms with Crippen LogP contribution in [-0.4, -0.2) is 31.2 Å². The van der Waals surface area contributed by atoms with E-state index in [0.717, 1.165) is 37.9 Å². The van der Waals surface area contributed by atoms with Crippen molar-refractivity contribution < 1.29 is 4.39 Å². The van der Waals surface area contributed by atoms with Crippen LogP contribution >= 0.6 is 0 Å². The predicted molar refractivity (Wildman–Crippen MR) is 277 cm³/mol. The number of hydrogen-bond acceptors (Lipinski definition) is 3. The van der Waals surface area contributed by atoms with Gasteiger partial charge in [0, 0.05) is 24.7 Å². The molecular formula is C59H92FN3. The van der Waals surface area contributed by atoms with E-state index < -0.39 is 0 Å². The molecule has 0 aliphatic rings. The van der Waals surface area contributed by atoms with Crippen LogP contribution in [-0.2, 0) is 6.54 Å². The van der Waals surface area contributed by atoms with Gasteiger partial charge in [-0.05, 0) is 149 Å². The lowest BCUT2D eigenvalue weighted by Gasteiger charge is -2.25. The Balaban J connectivity index is 0.000000326. The van der Waals surface area contributed by atoms with Gasteiger partial charge in [0.25, 0.3) is 0 Å². The number of benzene rings is 4. The maximum Gasteiger partial charge on any atom is 0.123 e. The number of allylic oxidation sites excluding steroid dienone is 1. The lowest BCUT2D eigenvalue weighted by atomic mass is 9.89. The van der Waals surface area contributed by atoms with E-state index in [1.54, 1.807) is 12.1 Å². The molecule has 0 saturated carbocycles. The third-order valence-electron chi connectivity index (χ3n) is 11.7. The fourth-order valence-electron chi connectivity index (χ4n) is 8.15. The highest BCUT2D eigenvalue weighted by Gasteiger charge is 2.18. The molecule has 0 aliphatic heterocycles. The highest BCUT2D eigenvalue weighted by atomic mass is 19.1. The van der Waals surface area contributed by atoms with E-state index in [1.165, 1.54) is 64.6 Å². The Morgan fingerprint density at radius 1 is 0.460 bits per heavy atom. The van der Waals surface area contributed by atoms with Gasteiger partial charge < -0.3 is 16.0 Å². The molecule has 4 heteroatoms. The van der Waals surface area contributed by atoms with Crippen LogP contribution in [0.5, 0.6) is 0 Å². The Labute approximate surface area is 388 Å². The summed E-state index contributed by atoms with van der Waals surface area (Å²) < 4.78 is 13.0. The molecule has 0 fully saturated rings. The van der Waals surface area contributed by atoms with E-state index in [1.807, 2.05) is 12.1 Å². The fraction of sp³-hybridized carbons (Fsp3) is 0.559. The zero-order valence-corrected chi connectivity index (χ0v) is 42.7. The molecule has 3 nitrogen and oxygen atoms in total. The van der Waals surface area contributed by atoms with Crippen LogP contribution in [0.15, 0.2) is 115 Å². The van der Waals surface area contributed by atoms with Gasteiger partial charge in [0.1, 0.15) is 5.82 Å². The summed E-state index contributed by atoms with van der Waals surface area (Å²) in [6, 6.07) is 37.2. The molecular weight excluding hydrogens is 770 g/mol. The zero-order chi connectivity index (χ0) is 46.9. The molecule has 3 N–H and O–H groups in total. The first kappa shape index (κ1) is 55.6. The lowest BCUT2D eigenvalue weighted by molar-refractivity contribution is 0.363. The van der Waals surface area contributed by atoms with Crippen molar-refractivity contribution in [1.29, 1.82) is 0 Å². The van der Waals surface area contributed by atoms with Crippen LogP contribution < -0.4 is 16.0 Å². The van der Waals surface area contributed by atoms with Crippen molar-refractivity contribution in [3.8, 4) is 0 Å². The predicted octanol–water partition coefficient (Wildman–Crippen LogP) is 15.7. The summed E-state index contributed by atoms with van der Waals surface area (Å²) in [4.78, 5) is 0. The maximum atomic E-state index is 13.0. The average molecular weight is 862 g/mol. The average Bonchev–Trinajstić information content (AvgIpc) is 3.22. The summed E-state index contributed by atoms with van der Waals surface area (Å²) in [5, 5.41) is 11.2.